The number of hydrogen-bond acceptors (Lipinski definition) is 0. The highest BCUT2D eigenvalue weighted by molar-refractivity contribution is 6.89. The van der Waals surface area contributed by atoms with Gasteiger partial charge in [0.25, 0.3) is 0 Å². The highest BCUT2D eigenvalue weighted by Gasteiger charge is 2.06. The summed E-state index contributed by atoms with van der Waals surface area (Å²) in [6.45, 7) is 0. The van der Waals surface area contributed by atoms with Gasteiger partial charge in [-0.05, 0) is 46.4 Å². The van der Waals surface area contributed by atoms with Crippen LogP contribution in [0.25, 0.3) is 0 Å². The van der Waals surface area contributed by atoms with Gasteiger partial charge in [-0.25, -0.2) is 0 Å². The number of rotatable bonds is 9. The predicted molar refractivity (Wildman–Crippen MR) is 146 cm³/mol. The van der Waals surface area contributed by atoms with Crippen molar-refractivity contribution < 1.29 is 0 Å². The molecule has 0 amide bonds. The summed E-state index contributed by atoms with van der Waals surface area (Å²) in [4.78, 5) is 0. The third-order valence-corrected chi connectivity index (χ3v) is 10.9. The van der Waals surface area contributed by atoms with Crippen molar-refractivity contribution in [3.05, 3.63) is 121 Å². The lowest BCUT2D eigenvalue weighted by Gasteiger charge is -2.08. The van der Waals surface area contributed by atoms with Crippen molar-refractivity contribution in [1.29, 1.82) is 0 Å². The van der Waals surface area contributed by atoms with Gasteiger partial charge in [-0.2, -0.15) is 0 Å². The van der Waals surface area contributed by atoms with E-state index in [9.17, 15) is 0 Å². The highest BCUT2D eigenvalue weighted by Crippen LogP contribution is 1.98. The molecular weight excluding hydrogens is 417 g/mol. The molecule has 0 heterocycles. The van der Waals surface area contributed by atoms with Crippen molar-refractivity contribution in [2.45, 2.75) is 25.7 Å². The Morgan fingerprint density at radius 2 is 0.625 bits per heavy atom. The van der Waals surface area contributed by atoms with Gasteiger partial charge in [-0.15, -0.1) is 0 Å². The largest absolute Gasteiger partial charge is 0.0953 e. The Bertz CT molecular complexity index is 955. The van der Waals surface area contributed by atoms with Gasteiger partial charge < -0.3 is 0 Å². The molecule has 0 aliphatic heterocycles. The highest BCUT2D eigenvalue weighted by atomic mass is 28.2. The van der Waals surface area contributed by atoms with E-state index in [2.05, 4.69) is 133 Å². The van der Waals surface area contributed by atoms with Crippen molar-refractivity contribution in [1.82, 2.24) is 0 Å². The van der Waals surface area contributed by atoms with E-state index in [1.54, 1.807) is 0 Å². The molecular formula is C30H30Si2. The third kappa shape index (κ3) is 6.29. The van der Waals surface area contributed by atoms with Crippen molar-refractivity contribution in [2.24, 2.45) is 0 Å². The van der Waals surface area contributed by atoms with Gasteiger partial charge in [-0.3, -0.25) is 0 Å². The average Bonchev–Trinajstić information content (AvgIpc) is 2.88. The Kier molecular flexibility index (Phi) is 8.47. The van der Waals surface area contributed by atoms with Crippen LogP contribution < -0.4 is 20.7 Å². The molecule has 0 nitrogen and oxygen atoms in total. The Hall–Kier alpha value is -2.95. The lowest BCUT2D eigenvalue weighted by Crippen LogP contribution is -2.36. The number of hydrogen-bond donors (Lipinski definition) is 0. The van der Waals surface area contributed by atoms with Gasteiger partial charge in [0, 0.05) is 0 Å². The molecule has 4 aromatic carbocycles. The summed E-state index contributed by atoms with van der Waals surface area (Å²) in [6, 6.07) is 44.1. The summed E-state index contributed by atoms with van der Waals surface area (Å²) < 4.78 is 0. The third-order valence-electron chi connectivity index (χ3n) is 5.69. The predicted octanol–water partition coefficient (Wildman–Crippen LogP) is 3.93. The van der Waals surface area contributed by atoms with E-state index in [-0.39, 0.29) is 0 Å². The van der Waals surface area contributed by atoms with Gasteiger partial charge in [0.2, 0.25) is 0 Å². The quantitative estimate of drug-likeness (QED) is 0.270. The van der Waals surface area contributed by atoms with Crippen molar-refractivity contribution >= 4 is 48.9 Å². The normalized spacial score (nSPS) is 10.4. The monoisotopic (exact) mass is 446 g/mol. The van der Waals surface area contributed by atoms with E-state index in [4.69, 9.17) is 0 Å². The SMILES string of the molecule is C(CCCCC=[Si](c1ccccc1)c1ccccc1)=[Si](c1ccccc1)c1ccccc1. The van der Waals surface area contributed by atoms with E-state index < -0.39 is 16.8 Å². The summed E-state index contributed by atoms with van der Waals surface area (Å²) in [5.41, 5.74) is 5.21. The molecule has 0 N–H and O–H groups in total. The van der Waals surface area contributed by atoms with E-state index >= 15 is 0 Å². The van der Waals surface area contributed by atoms with Crippen LogP contribution in [-0.2, 0) is 0 Å². The number of unbranched alkanes of at least 4 members (excludes halogenated alkanes) is 3. The second-order valence-electron chi connectivity index (χ2n) is 7.98. The molecule has 0 unspecified atom stereocenters. The number of benzene rings is 4. The Labute approximate surface area is 195 Å². The lowest BCUT2D eigenvalue weighted by atomic mass is 10.2. The minimum Gasteiger partial charge on any atom is -0.0953 e. The average molecular weight is 447 g/mol. The van der Waals surface area contributed by atoms with Crippen LogP contribution in [0.5, 0.6) is 0 Å². The maximum absolute atomic E-state index is 2.61. The fourth-order valence-electron chi connectivity index (χ4n) is 4.06. The summed E-state index contributed by atoms with van der Waals surface area (Å²) >= 11 is 0. The molecule has 0 radical (unpaired) electrons. The van der Waals surface area contributed by atoms with Crippen LogP contribution in [0.2, 0.25) is 0 Å². The molecule has 4 aromatic rings. The molecule has 0 atom stereocenters. The van der Waals surface area contributed by atoms with Gasteiger partial charge in [0.15, 0.2) is 0 Å². The standard InChI is InChI=1S/C30H30Si2/c1(15-25-31(27-17-7-3-8-18-27)28-19-9-4-10-20-28)2-16-26-32(29-21-11-5-12-22-29)30-23-13-6-14-24-30/h3-14,17-26H,1-2,15-16H2. The molecule has 0 saturated carbocycles. The summed E-state index contributed by atoms with van der Waals surface area (Å²) in [5, 5.41) is 5.92. The van der Waals surface area contributed by atoms with Crippen LogP contribution in [0.3, 0.4) is 0 Å². The van der Waals surface area contributed by atoms with Crippen LogP contribution in [0, 0.1) is 0 Å². The van der Waals surface area contributed by atoms with Crippen LogP contribution in [0.15, 0.2) is 121 Å². The van der Waals surface area contributed by atoms with E-state index in [1.807, 2.05) is 0 Å². The second-order valence-corrected chi connectivity index (χ2v) is 12.8. The van der Waals surface area contributed by atoms with Gasteiger partial charge in [-0.1, -0.05) is 133 Å². The van der Waals surface area contributed by atoms with E-state index in [0.29, 0.717) is 0 Å². The van der Waals surface area contributed by atoms with Gasteiger partial charge in [0.1, 0.15) is 0 Å². The molecule has 0 saturated heterocycles. The van der Waals surface area contributed by atoms with Crippen molar-refractivity contribution in [3.8, 4) is 0 Å². The molecule has 4 rings (SSSR count). The maximum atomic E-state index is 2.61. The van der Waals surface area contributed by atoms with Gasteiger partial charge >= 0.3 is 0 Å². The molecule has 0 aliphatic carbocycles. The molecule has 0 fully saturated rings. The molecule has 2 heteroatoms. The molecule has 158 valence electrons. The summed E-state index contributed by atoms with van der Waals surface area (Å²) in [5.74, 6) is 0. The first-order valence-corrected chi connectivity index (χ1v) is 14.7. The fourth-order valence-corrected chi connectivity index (χ4v) is 8.86. The molecule has 0 bridgehead atoms. The zero-order valence-electron chi connectivity index (χ0n) is 18.5. The first-order valence-electron chi connectivity index (χ1n) is 11.5. The van der Waals surface area contributed by atoms with Crippen LogP contribution in [-0.4, -0.2) is 28.2 Å². The zero-order chi connectivity index (χ0) is 21.8. The maximum Gasteiger partial charge on any atom is 0.0760 e. The Morgan fingerprint density at radius 3 is 0.875 bits per heavy atom. The molecule has 0 spiro atoms. The first-order chi connectivity index (χ1) is 15.9. The minimum absolute atomic E-state index is 0.817. The van der Waals surface area contributed by atoms with E-state index in [1.165, 1.54) is 46.4 Å². The van der Waals surface area contributed by atoms with Crippen LogP contribution in [0.1, 0.15) is 25.7 Å². The fraction of sp³-hybridized carbons (Fsp3) is 0.133. The van der Waals surface area contributed by atoms with Crippen molar-refractivity contribution in [2.75, 3.05) is 0 Å². The zero-order valence-corrected chi connectivity index (χ0v) is 20.5. The van der Waals surface area contributed by atoms with Crippen LogP contribution >= 0.6 is 0 Å². The second kappa shape index (κ2) is 12.2. The van der Waals surface area contributed by atoms with Gasteiger partial charge in [0.05, 0.1) is 16.8 Å². The molecule has 32 heavy (non-hydrogen) atoms. The molecule has 0 aliphatic rings. The Balaban J connectivity index is 1.43. The summed E-state index contributed by atoms with van der Waals surface area (Å²) in [7, 11) is -1.63. The van der Waals surface area contributed by atoms with E-state index in [0.717, 1.165) is 0 Å². The lowest BCUT2D eigenvalue weighted by molar-refractivity contribution is 0.812. The topological polar surface area (TPSA) is 0 Å². The minimum atomic E-state index is -0.817. The molecule has 0 aromatic heterocycles. The Morgan fingerprint density at radius 1 is 0.375 bits per heavy atom. The van der Waals surface area contributed by atoms with Crippen molar-refractivity contribution in [3.63, 3.8) is 0 Å². The first kappa shape index (κ1) is 22.3. The summed E-state index contributed by atoms with van der Waals surface area (Å²) in [6.07, 6.45) is 4.88. The van der Waals surface area contributed by atoms with Crippen LogP contribution in [0.4, 0.5) is 0 Å². The smallest absolute Gasteiger partial charge is 0.0760 e.